The fraction of sp³-hybridized carbons (Fsp3) is 0.650. The van der Waals surface area contributed by atoms with Crippen LogP contribution >= 0.6 is 0 Å². The highest BCUT2D eigenvalue weighted by Gasteiger charge is 2.28. The Labute approximate surface area is 157 Å². The van der Waals surface area contributed by atoms with Gasteiger partial charge in [0.25, 0.3) is 0 Å². The summed E-state index contributed by atoms with van der Waals surface area (Å²) in [5.74, 6) is -0.931. The van der Waals surface area contributed by atoms with Gasteiger partial charge in [-0.05, 0) is 44.0 Å². The van der Waals surface area contributed by atoms with Crippen LogP contribution in [0.4, 0.5) is 16.2 Å². The molecular formula is C20H34N2O4. The van der Waals surface area contributed by atoms with Gasteiger partial charge in [-0.3, -0.25) is 5.32 Å². The van der Waals surface area contributed by atoms with Crippen LogP contribution in [-0.2, 0) is 14.2 Å². The predicted octanol–water partition coefficient (Wildman–Crippen LogP) is 4.95. The van der Waals surface area contributed by atoms with E-state index in [1.54, 1.807) is 24.3 Å². The Bertz CT molecular complexity index is 493. The molecule has 1 aromatic rings. The number of rotatable bonds is 13. The summed E-state index contributed by atoms with van der Waals surface area (Å²) in [6, 6.07) is 6.87. The molecule has 26 heavy (non-hydrogen) atoms. The number of benzene rings is 1. The highest BCUT2D eigenvalue weighted by atomic mass is 16.7. The molecule has 6 heteroatoms. The van der Waals surface area contributed by atoms with E-state index in [1.807, 2.05) is 6.92 Å². The molecule has 148 valence electrons. The molecule has 0 saturated carbocycles. The van der Waals surface area contributed by atoms with E-state index in [1.165, 1.54) is 0 Å². The maximum absolute atomic E-state index is 12.0. The van der Waals surface area contributed by atoms with Crippen LogP contribution in [0.25, 0.3) is 0 Å². The van der Waals surface area contributed by atoms with Crippen LogP contribution in [0, 0.1) is 0 Å². The minimum atomic E-state index is -0.931. The van der Waals surface area contributed by atoms with E-state index in [0.717, 1.165) is 38.5 Å². The quantitative estimate of drug-likeness (QED) is 0.293. The van der Waals surface area contributed by atoms with Crippen molar-refractivity contribution in [3.8, 4) is 0 Å². The summed E-state index contributed by atoms with van der Waals surface area (Å²) in [5.41, 5.74) is 6.89. The molecule has 1 aromatic carbocycles. The number of nitrogens with two attached hydrogens (primary N) is 1. The van der Waals surface area contributed by atoms with Gasteiger partial charge in [-0.15, -0.1) is 0 Å². The van der Waals surface area contributed by atoms with Crippen LogP contribution in [0.2, 0.25) is 0 Å². The molecule has 0 aromatic heterocycles. The first-order chi connectivity index (χ1) is 12.5. The van der Waals surface area contributed by atoms with Crippen molar-refractivity contribution < 1.29 is 19.0 Å². The smallest absolute Gasteiger partial charge is 0.411 e. The van der Waals surface area contributed by atoms with Gasteiger partial charge in [-0.2, -0.15) is 0 Å². The first-order valence-corrected chi connectivity index (χ1v) is 9.56. The van der Waals surface area contributed by atoms with Crippen molar-refractivity contribution in [2.75, 3.05) is 30.9 Å². The lowest BCUT2D eigenvalue weighted by Crippen LogP contribution is -2.40. The van der Waals surface area contributed by atoms with E-state index in [2.05, 4.69) is 19.2 Å². The third-order valence-corrected chi connectivity index (χ3v) is 3.93. The molecule has 0 atom stereocenters. The van der Waals surface area contributed by atoms with E-state index in [4.69, 9.17) is 19.9 Å². The third-order valence-electron chi connectivity index (χ3n) is 3.93. The SMILES string of the molecule is CCCCCOC(C)(COC(=O)Nc1ccc(N)cc1)OCCCCC. The Hall–Kier alpha value is -1.79. The number of nitrogen functional groups attached to an aromatic ring is 1. The summed E-state index contributed by atoms with van der Waals surface area (Å²) < 4.78 is 17.1. The maximum atomic E-state index is 12.0. The summed E-state index contributed by atoms with van der Waals surface area (Å²) in [7, 11) is 0. The molecule has 6 nitrogen and oxygen atoms in total. The fourth-order valence-electron chi connectivity index (χ4n) is 2.32. The number of carbonyl (C=O) groups excluding carboxylic acids is 1. The summed E-state index contributed by atoms with van der Waals surface area (Å²) in [6.07, 6.45) is 5.82. The average molecular weight is 367 g/mol. The number of unbranched alkanes of at least 4 members (excludes halogenated alkanes) is 4. The number of carbonyl (C=O) groups is 1. The Morgan fingerprint density at radius 1 is 1.00 bits per heavy atom. The highest BCUT2D eigenvalue weighted by Crippen LogP contribution is 2.17. The zero-order chi connectivity index (χ0) is 19.3. The first kappa shape index (κ1) is 22.3. The molecule has 0 radical (unpaired) electrons. The number of nitrogens with one attached hydrogen (secondary N) is 1. The zero-order valence-corrected chi connectivity index (χ0v) is 16.4. The van der Waals surface area contributed by atoms with Gasteiger partial charge in [0.2, 0.25) is 0 Å². The van der Waals surface area contributed by atoms with E-state index < -0.39 is 11.9 Å². The van der Waals surface area contributed by atoms with Gasteiger partial charge >= 0.3 is 6.09 Å². The summed E-state index contributed by atoms with van der Waals surface area (Å²) in [5, 5.41) is 2.67. The Balaban J connectivity index is 2.47. The van der Waals surface area contributed by atoms with Crippen LogP contribution in [0.15, 0.2) is 24.3 Å². The minimum Gasteiger partial charge on any atom is -0.444 e. The average Bonchev–Trinajstić information content (AvgIpc) is 2.63. The maximum Gasteiger partial charge on any atom is 0.411 e. The molecule has 0 aliphatic heterocycles. The fourth-order valence-corrected chi connectivity index (χ4v) is 2.32. The van der Waals surface area contributed by atoms with Gasteiger partial charge in [0.05, 0.1) is 13.2 Å². The first-order valence-electron chi connectivity index (χ1n) is 9.56. The van der Waals surface area contributed by atoms with Crippen LogP contribution < -0.4 is 11.1 Å². The van der Waals surface area contributed by atoms with E-state index in [-0.39, 0.29) is 6.61 Å². The summed E-state index contributed by atoms with van der Waals surface area (Å²) in [4.78, 5) is 12.0. The Morgan fingerprint density at radius 3 is 2.04 bits per heavy atom. The zero-order valence-electron chi connectivity index (χ0n) is 16.4. The molecule has 0 heterocycles. The highest BCUT2D eigenvalue weighted by molar-refractivity contribution is 5.84. The van der Waals surface area contributed by atoms with Crippen LogP contribution in [0.1, 0.15) is 59.3 Å². The van der Waals surface area contributed by atoms with Gasteiger partial charge in [0.15, 0.2) is 5.79 Å². The molecule has 0 unspecified atom stereocenters. The second-order valence-electron chi connectivity index (χ2n) is 6.57. The van der Waals surface area contributed by atoms with Crippen LogP contribution in [0.3, 0.4) is 0 Å². The lowest BCUT2D eigenvalue weighted by atomic mass is 10.2. The van der Waals surface area contributed by atoms with Crippen LogP contribution in [-0.4, -0.2) is 31.7 Å². The van der Waals surface area contributed by atoms with Gasteiger partial charge in [-0.1, -0.05) is 39.5 Å². The molecule has 0 fully saturated rings. The van der Waals surface area contributed by atoms with Crippen LogP contribution in [0.5, 0.6) is 0 Å². The Kier molecular flexibility index (Phi) is 10.7. The Morgan fingerprint density at radius 2 is 1.54 bits per heavy atom. The summed E-state index contributed by atoms with van der Waals surface area (Å²) >= 11 is 0. The number of hydrogen-bond acceptors (Lipinski definition) is 5. The van der Waals surface area contributed by atoms with Crippen molar-refractivity contribution >= 4 is 17.5 Å². The van der Waals surface area contributed by atoms with Gasteiger partial charge in [0.1, 0.15) is 6.61 Å². The molecule has 0 spiro atoms. The van der Waals surface area contributed by atoms with E-state index >= 15 is 0 Å². The van der Waals surface area contributed by atoms with Crippen molar-refractivity contribution in [1.29, 1.82) is 0 Å². The normalized spacial score (nSPS) is 11.3. The second kappa shape index (κ2) is 12.5. The number of hydrogen-bond donors (Lipinski definition) is 2. The lowest BCUT2D eigenvalue weighted by molar-refractivity contribution is -0.243. The molecular weight excluding hydrogens is 332 g/mol. The molecule has 0 aliphatic rings. The van der Waals surface area contributed by atoms with Crippen molar-refractivity contribution in [2.45, 2.75) is 65.1 Å². The van der Waals surface area contributed by atoms with Crippen molar-refractivity contribution in [2.24, 2.45) is 0 Å². The van der Waals surface area contributed by atoms with Crippen molar-refractivity contribution in [3.05, 3.63) is 24.3 Å². The molecule has 0 saturated heterocycles. The topological polar surface area (TPSA) is 82.8 Å². The van der Waals surface area contributed by atoms with Gasteiger partial charge in [-0.25, -0.2) is 4.79 Å². The standard InChI is InChI=1S/C20H34N2O4/c1-4-6-8-14-25-20(3,26-15-9-7-5-2)16-24-19(23)22-18-12-10-17(21)11-13-18/h10-13H,4-9,14-16,21H2,1-3H3,(H,22,23). The van der Waals surface area contributed by atoms with Crippen molar-refractivity contribution in [3.63, 3.8) is 0 Å². The summed E-state index contributed by atoms with van der Waals surface area (Å²) in [6.45, 7) is 7.31. The molecule has 1 rings (SSSR count). The number of amides is 1. The second-order valence-corrected chi connectivity index (χ2v) is 6.57. The van der Waals surface area contributed by atoms with Crippen molar-refractivity contribution in [1.82, 2.24) is 0 Å². The minimum absolute atomic E-state index is 0.0338. The molecule has 0 bridgehead atoms. The lowest BCUT2D eigenvalue weighted by Gasteiger charge is -2.29. The molecule has 3 N–H and O–H groups in total. The largest absolute Gasteiger partial charge is 0.444 e. The van der Waals surface area contributed by atoms with E-state index in [0.29, 0.717) is 24.6 Å². The van der Waals surface area contributed by atoms with Gasteiger partial charge in [0, 0.05) is 11.4 Å². The predicted molar refractivity (Wildman–Crippen MR) is 105 cm³/mol. The van der Waals surface area contributed by atoms with E-state index in [9.17, 15) is 4.79 Å². The molecule has 1 amide bonds. The monoisotopic (exact) mass is 366 g/mol. The number of anilines is 2. The number of ether oxygens (including phenoxy) is 3. The third kappa shape index (κ3) is 9.63. The molecule has 0 aliphatic carbocycles. The van der Waals surface area contributed by atoms with Gasteiger partial charge < -0.3 is 19.9 Å².